The van der Waals surface area contributed by atoms with Crippen molar-refractivity contribution in [2.45, 2.75) is 56.1 Å². The minimum absolute atomic E-state index is 0.0461. The van der Waals surface area contributed by atoms with E-state index in [0.717, 1.165) is 25.0 Å². The number of hydrogen-bond acceptors (Lipinski definition) is 7. The lowest BCUT2D eigenvalue weighted by atomic mass is 9.95. The number of fused-ring (bicyclic) bond motifs is 1. The summed E-state index contributed by atoms with van der Waals surface area (Å²) in [5.74, 6) is -0.158. The first-order valence-electron chi connectivity index (χ1n) is 12.3. The Labute approximate surface area is 216 Å². The van der Waals surface area contributed by atoms with E-state index in [-0.39, 0.29) is 28.2 Å². The van der Waals surface area contributed by atoms with E-state index in [9.17, 15) is 27.1 Å². The lowest BCUT2D eigenvalue weighted by Crippen LogP contribution is -2.41. The Morgan fingerprint density at radius 1 is 1.14 bits per heavy atom. The van der Waals surface area contributed by atoms with Crippen LogP contribution in [0.15, 0.2) is 41.3 Å². The summed E-state index contributed by atoms with van der Waals surface area (Å²) in [5, 5.41) is 0. The first-order valence-corrected chi connectivity index (χ1v) is 13.8. The zero-order valence-corrected chi connectivity index (χ0v) is 21.6. The summed E-state index contributed by atoms with van der Waals surface area (Å²) in [6.07, 6.45) is -1.43. The zero-order valence-electron chi connectivity index (χ0n) is 20.8. The number of esters is 1. The van der Waals surface area contributed by atoms with Crippen LogP contribution >= 0.6 is 10.8 Å². The van der Waals surface area contributed by atoms with Gasteiger partial charge in [0.05, 0.1) is 35.9 Å². The second kappa shape index (κ2) is 11.1. The molecule has 0 radical (unpaired) electrons. The number of nitrogens with zero attached hydrogens (tertiary/aromatic N) is 1. The number of hydrogen-bond donors (Lipinski definition) is 2. The van der Waals surface area contributed by atoms with Gasteiger partial charge < -0.3 is 14.2 Å². The number of benzene rings is 2. The fourth-order valence-electron chi connectivity index (χ4n) is 4.84. The second-order valence-corrected chi connectivity index (χ2v) is 11.2. The third kappa shape index (κ3) is 5.84. The summed E-state index contributed by atoms with van der Waals surface area (Å²) in [7, 11) is -2.51. The van der Waals surface area contributed by atoms with Crippen molar-refractivity contribution in [2.24, 2.45) is 5.92 Å². The molecule has 0 saturated carbocycles. The molecule has 11 heteroatoms. The van der Waals surface area contributed by atoms with Crippen LogP contribution in [-0.4, -0.2) is 48.0 Å². The number of methoxy groups -OCH3 is 1. The minimum Gasteiger partial charge on any atom is -0.492 e. The highest BCUT2D eigenvalue weighted by molar-refractivity contribution is 8.25. The summed E-state index contributed by atoms with van der Waals surface area (Å²) in [5.41, 5.74) is -0.00367. The first-order chi connectivity index (χ1) is 17.6. The molecule has 0 aliphatic carbocycles. The summed E-state index contributed by atoms with van der Waals surface area (Å²) in [6.45, 7) is 3.56. The largest absolute Gasteiger partial charge is 0.492 e. The third-order valence-corrected chi connectivity index (χ3v) is 8.89. The molecule has 7 nitrogen and oxygen atoms in total. The highest BCUT2D eigenvalue weighted by Crippen LogP contribution is 2.58. The Kier molecular flexibility index (Phi) is 8.27. The SMILES string of the molecule is CCC1CCc2cc(C(F)(F)F)ccc2N1S(O)(O)c1ccc(OCC2CCOCC2)c(C(=O)OC)c1. The molecule has 1 saturated heterocycles. The Morgan fingerprint density at radius 2 is 1.86 bits per heavy atom. The van der Waals surface area contributed by atoms with Gasteiger partial charge in [-0.15, -0.1) is 0 Å². The molecule has 0 bridgehead atoms. The van der Waals surface area contributed by atoms with Crippen LogP contribution in [0.1, 0.15) is 54.1 Å². The van der Waals surface area contributed by atoms with Gasteiger partial charge in [0.25, 0.3) is 0 Å². The minimum atomic E-state index is -4.50. The Morgan fingerprint density at radius 3 is 2.51 bits per heavy atom. The van der Waals surface area contributed by atoms with Gasteiger partial charge in [0.15, 0.2) is 0 Å². The number of aryl methyl sites for hydroxylation is 1. The van der Waals surface area contributed by atoms with Crippen molar-refractivity contribution in [2.75, 3.05) is 31.2 Å². The van der Waals surface area contributed by atoms with Crippen molar-refractivity contribution >= 4 is 22.4 Å². The van der Waals surface area contributed by atoms with Crippen LogP contribution < -0.4 is 9.04 Å². The molecule has 2 heterocycles. The Balaban J connectivity index is 1.69. The molecule has 1 unspecified atom stereocenters. The van der Waals surface area contributed by atoms with E-state index < -0.39 is 28.5 Å². The number of anilines is 1. The molecule has 0 spiro atoms. The van der Waals surface area contributed by atoms with Crippen LogP contribution in [0.4, 0.5) is 18.9 Å². The van der Waals surface area contributed by atoms with E-state index in [4.69, 9.17) is 14.2 Å². The molecule has 2 aromatic carbocycles. The van der Waals surface area contributed by atoms with E-state index in [1.807, 2.05) is 6.92 Å². The summed E-state index contributed by atoms with van der Waals surface area (Å²) in [6, 6.07) is 7.32. The van der Waals surface area contributed by atoms with Crippen molar-refractivity contribution in [3.05, 3.63) is 53.1 Å². The maximum absolute atomic E-state index is 13.3. The molecule has 2 aliphatic rings. The van der Waals surface area contributed by atoms with Crippen LogP contribution in [0.2, 0.25) is 0 Å². The number of carbonyl (C=O) groups is 1. The molecule has 0 aromatic heterocycles. The van der Waals surface area contributed by atoms with Gasteiger partial charge >= 0.3 is 12.1 Å². The Hall–Kier alpha value is -2.47. The van der Waals surface area contributed by atoms with E-state index >= 15 is 0 Å². The van der Waals surface area contributed by atoms with Gasteiger partial charge in [0.2, 0.25) is 0 Å². The van der Waals surface area contributed by atoms with Gasteiger partial charge in [-0.1, -0.05) is 17.7 Å². The van der Waals surface area contributed by atoms with Crippen molar-refractivity contribution in [3.63, 3.8) is 0 Å². The molecule has 4 rings (SSSR count). The smallest absolute Gasteiger partial charge is 0.416 e. The van der Waals surface area contributed by atoms with Gasteiger partial charge in [-0.05, 0) is 80.0 Å². The molecule has 204 valence electrons. The molecular formula is C26H32F3NO6S. The molecule has 2 aromatic rings. The van der Waals surface area contributed by atoms with Crippen molar-refractivity contribution in [3.8, 4) is 5.75 Å². The van der Waals surface area contributed by atoms with E-state index in [0.29, 0.717) is 50.3 Å². The van der Waals surface area contributed by atoms with Gasteiger partial charge in [-0.2, -0.15) is 13.2 Å². The van der Waals surface area contributed by atoms with Crippen molar-refractivity contribution < 1.29 is 41.3 Å². The maximum Gasteiger partial charge on any atom is 0.416 e. The topological polar surface area (TPSA) is 88.5 Å². The standard InChI is InChI=1S/C26H32F3NO6S/c1-3-20-6-4-18-14-19(26(27,28)29)5-8-23(18)30(20)37(32,33)21-7-9-24(22(15-21)25(31)34-2)36-16-17-10-12-35-13-11-17/h5,7-9,14-15,17,20,32-33H,3-4,6,10-13,16H2,1-2H3. The number of ether oxygens (including phenoxy) is 3. The first kappa shape index (κ1) is 27.6. The molecule has 1 fully saturated rings. The van der Waals surface area contributed by atoms with Gasteiger partial charge in [-0.25, -0.2) is 4.79 Å². The lowest BCUT2D eigenvalue weighted by molar-refractivity contribution is -0.137. The Bertz CT molecular complexity index is 1120. The van der Waals surface area contributed by atoms with Crippen LogP contribution in [-0.2, 0) is 22.1 Å². The van der Waals surface area contributed by atoms with Crippen molar-refractivity contribution in [1.82, 2.24) is 0 Å². The fraction of sp³-hybridized carbons (Fsp3) is 0.500. The van der Waals surface area contributed by atoms with E-state index in [1.165, 1.54) is 35.7 Å². The van der Waals surface area contributed by atoms with Gasteiger partial charge in [0, 0.05) is 13.2 Å². The van der Waals surface area contributed by atoms with Gasteiger partial charge in [0.1, 0.15) is 11.3 Å². The molecule has 0 amide bonds. The van der Waals surface area contributed by atoms with E-state index in [2.05, 4.69) is 0 Å². The zero-order chi connectivity index (χ0) is 26.8. The molecule has 1 atom stereocenters. The highest BCUT2D eigenvalue weighted by atomic mass is 32.3. The maximum atomic E-state index is 13.3. The van der Waals surface area contributed by atoms with Crippen LogP contribution in [0.3, 0.4) is 0 Å². The molecular weight excluding hydrogens is 511 g/mol. The molecule has 2 aliphatic heterocycles. The normalized spacial score (nSPS) is 19.3. The quantitative estimate of drug-likeness (QED) is 0.383. The van der Waals surface area contributed by atoms with Crippen LogP contribution in [0.5, 0.6) is 5.75 Å². The summed E-state index contributed by atoms with van der Waals surface area (Å²) >= 11 is 0. The number of halogens is 3. The molecule has 37 heavy (non-hydrogen) atoms. The lowest BCUT2D eigenvalue weighted by Gasteiger charge is -2.51. The number of rotatable bonds is 7. The predicted octanol–water partition coefficient (Wildman–Crippen LogP) is 6.55. The second-order valence-electron chi connectivity index (χ2n) is 9.30. The van der Waals surface area contributed by atoms with Crippen LogP contribution in [0, 0.1) is 5.92 Å². The average Bonchev–Trinajstić information content (AvgIpc) is 2.90. The summed E-state index contributed by atoms with van der Waals surface area (Å²) in [4.78, 5) is 12.6. The highest BCUT2D eigenvalue weighted by Gasteiger charge is 2.38. The van der Waals surface area contributed by atoms with Gasteiger partial charge in [-0.3, -0.25) is 13.4 Å². The number of alkyl halides is 3. The monoisotopic (exact) mass is 543 g/mol. The van der Waals surface area contributed by atoms with Crippen molar-refractivity contribution in [1.29, 1.82) is 0 Å². The van der Waals surface area contributed by atoms with E-state index in [1.54, 1.807) is 0 Å². The number of carbonyl (C=O) groups excluding carboxylic acids is 1. The predicted molar refractivity (Wildman–Crippen MR) is 134 cm³/mol. The molecule has 2 N–H and O–H groups in total. The van der Waals surface area contributed by atoms with Crippen LogP contribution in [0.25, 0.3) is 0 Å². The average molecular weight is 544 g/mol. The fourth-order valence-corrected chi connectivity index (χ4v) is 6.71. The summed E-state index contributed by atoms with van der Waals surface area (Å²) < 4.78 is 80.6. The third-order valence-electron chi connectivity index (χ3n) is 6.96.